The number of ether oxygens (including phenoxy) is 3. The van der Waals surface area contributed by atoms with E-state index >= 15 is 0 Å². The lowest BCUT2D eigenvalue weighted by Gasteiger charge is -2.27. The molecule has 1 unspecified atom stereocenters. The third-order valence-corrected chi connectivity index (χ3v) is 4.34. The zero-order valence-electron chi connectivity index (χ0n) is 16.5. The third-order valence-electron chi connectivity index (χ3n) is 4.34. The van der Waals surface area contributed by atoms with E-state index in [-0.39, 0.29) is 35.1 Å². The number of hydrogen-bond acceptors (Lipinski definition) is 6. The van der Waals surface area contributed by atoms with E-state index in [1.807, 2.05) is 19.9 Å². The Balaban J connectivity index is 2.49. The molecule has 0 spiro atoms. The first-order valence-electron chi connectivity index (χ1n) is 9.17. The van der Waals surface area contributed by atoms with Gasteiger partial charge in [0.05, 0.1) is 24.7 Å². The monoisotopic (exact) mass is 388 g/mol. The summed E-state index contributed by atoms with van der Waals surface area (Å²) in [6.45, 7) is 7.86. The number of nitrogens with zero attached hydrogens (tertiary/aromatic N) is 1. The molecule has 0 bridgehead atoms. The van der Waals surface area contributed by atoms with Gasteiger partial charge in [0.25, 0.3) is 0 Å². The number of esters is 1. The van der Waals surface area contributed by atoms with Crippen LogP contribution in [0.2, 0.25) is 0 Å². The average molecular weight is 388 g/mol. The van der Waals surface area contributed by atoms with Gasteiger partial charge in [0.1, 0.15) is 17.4 Å². The molecule has 7 heteroatoms. The Morgan fingerprint density at radius 3 is 2.75 bits per heavy atom. The molecule has 2 N–H and O–H groups in total. The zero-order valence-corrected chi connectivity index (χ0v) is 16.5. The van der Waals surface area contributed by atoms with Crippen LogP contribution in [-0.4, -0.2) is 19.2 Å². The molecule has 1 aromatic carbocycles. The molecule has 1 aliphatic heterocycles. The maximum atomic E-state index is 14.2. The first-order chi connectivity index (χ1) is 13.3. The summed E-state index contributed by atoms with van der Waals surface area (Å²) in [7, 11) is 0. The van der Waals surface area contributed by atoms with E-state index in [1.54, 1.807) is 13.8 Å². The summed E-state index contributed by atoms with van der Waals surface area (Å²) < 4.78 is 30.3. The van der Waals surface area contributed by atoms with Crippen molar-refractivity contribution < 1.29 is 23.4 Å². The summed E-state index contributed by atoms with van der Waals surface area (Å²) in [5, 5.41) is 9.59. The Labute approximate surface area is 164 Å². The van der Waals surface area contributed by atoms with Gasteiger partial charge in [0, 0.05) is 0 Å². The topological polar surface area (TPSA) is 94.6 Å². The van der Waals surface area contributed by atoms with Gasteiger partial charge in [-0.05, 0) is 43.9 Å². The molecule has 2 rings (SSSR count). The molecule has 0 aliphatic carbocycles. The van der Waals surface area contributed by atoms with Gasteiger partial charge in [-0.2, -0.15) is 5.26 Å². The molecule has 0 radical (unpaired) electrons. The van der Waals surface area contributed by atoms with Crippen LogP contribution in [0.4, 0.5) is 4.39 Å². The molecule has 1 aliphatic rings. The van der Waals surface area contributed by atoms with E-state index < -0.39 is 17.7 Å². The number of rotatable bonds is 7. The minimum atomic E-state index is -0.828. The molecular formula is C21H25FN2O4. The van der Waals surface area contributed by atoms with Crippen LogP contribution >= 0.6 is 0 Å². The van der Waals surface area contributed by atoms with Crippen molar-refractivity contribution in [3.63, 3.8) is 0 Å². The maximum Gasteiger partial charge on any atom is 0.338 e. The smallest absolute Gasteiger partial charge is 0.338 e. The largest absolute Gasteiger partial charge is 0.490 e. The van der Waals surface area contributed by atoms with Crippen LogP contribution in [0.5, 0.6) is 5.75 Å². The van der Waals surface area contributed by atoms with Crippen molar-refractivity contribution in [2.75, 3.05) is 13.2 Å². The van der Waals surface area contributed by atoms with E-state index in [0.717, 1.165) is 6.42 Å². The first-order valence-corrected chi connectivity index (χ1v) is 9.17. The summed E-state index contributed by atoms with van der Waals surface area (Å²) in [5.74, 6) is -1.34. The van der Waals surface area contributed by atoms with E-state index in [1.165, 1.54) is 18.2 Å². The minimum Gasteiger partial charge on any atom is -0.490 e. The molecule has 0 saturated heterocycles. The molecule has 0 aromatic heterocycles. The predicted molar refractivity (Wildman–Crippen MR) is 101 cm³/mol. The standard InChI is InChI=1S/C21H25FN2O4/c1-5-26-21(25)18-13(4)28-20(24)15(11-23)19(18)14-6-7-16(22)17(10-14)27-9-8-12(2)3/h6-7,10,12,19H,5,8-9,24H2,1-4H3. The van der Waals surface area contributed by atoms with Crippen molar-refractivity contribution in [1.82, 2.24) is 0 Å². The highest BCUT2D eigenvalue weighted by atomic mass is 19.1. The number of hydrogen-bond donors (Lipinski definition) is 1. The summed E-state index contributed by atoms with van der Waals surface area (Å²) in [5.41, 5.74) is 6.58. The molecular weight excluding hydrogens is 363 g/mol. The molecule has 0 saturated carbocycles. The van der Waals surface area contributed by atoms with Gasteiger partial charge in [0.2, 0.25) is 5.88 Å². The lowest BCUT2D eigenvalue weighted by Crippen LogP contribution is -2.25. The zero-order chi connectivity index (χ0) is 20.8. The predicted octanol–water partition coefficient (Wildman–Crippen LogP) is 3.90. The maximum absolute atomic E-state index is 14.2. The van der Waals surface area contributed by atoms with Gasteiger partial charge in [-0.25, -0.2) is 9.18 Å². The van der Waals surface area contributed by atoms with Crippen LogP contribution < -0.4 is 10.5 Å². The number of benzene rings is 1. The van der Waals surface area contributed by atoms with Crippen LogP contribution in [0.25, 0.3) is 0 Å². The number of carbonyl (C=O) groups is 1. The second-order valence-electron chi connectivity index (χ2n) is 6.84. The normalized spacial score (nSPS) is 16.7. The summed E-state index contributed by atoms with van der Waals surface area (Å²) >= 11 is 0. The number of carbonyl (C=O) groups excluding carboxylic acids is 1. The highest BCUT2D eigenvalue weighted by Crippen LogP contribution is 2.40. The van der Waals surface area contributed by atoms with Crippen molar-refractivity contribution >= 4 is 5.97 Å². The van der Waals surface area contributed by atoms with Gasteiger partial charge < -0.3 is 19.9 Å². The summed E-state index contributed by atoms with van der Waals surface area (Å²) in [6, 6.07) is 6.23. The van der Waals surface area contributed by atoms with E-state index in [0.29, 0.717) is 18.1 Å². The van der Waals surface area contributed by atoms with Crippen molar-refractivity contribution in [2.24, 2.45) is 11.7 Å². The van der Waals surface area contributed by atoms with Crippen LogP contribution in [-0.2, 0) is 14.3 Å². The van der Waals surface area contributed by atoms with Crippen molar-refractivity contribution in [3.05, 3.63) is 52.4 Å². The Hall–Kier alpha value is -3.01. The Morgan fingerprint density at radius 1 is 1.43 bits per heavy atom. The molecule has 0 amide bonds. The van der Waals surface area contributed by atoms with Crippen LogP contribution in [0.15, 0.2) is 41.0 Å². The fraction of sp³-hybridized carbons (Fsp3) is 0.429. The van der Waals surface area contributed by atoms with Crippen molar-refractivity contribution in [3.8, 4) is 11.8 Å². The quantitative estimate of drug-likeness (QED) is 0.712. The van der Waals surface area contributed by atoms with Gasteiger partial charge in [-0.1, -0.05) is 19.9 Å². The molecule has 150 valence electrons. The number of nitriles is 1. The van der Waals surface area contributed by atoms with Crippen LogP contribution in [0, 0.1) is 23.1 Å². The second-order valence-corrected chi connectivity index (χ2v) is 6.84. The highest BCUT2D eigenvalue weighted by Gasteiger charge is 2.36. The summed E-state index contributed by atoms with van der Waals surface area (Å²) in [4.78, 5) is 12.5. The van der Waals surface area contributed by atoms with E-state index in [9.17, 15) is 14.4 Å². The fourth-order valence-electron chi connectivity index (χ4n) is 2.90. The molecule has 28 heavy (non-hydrogen) atoms. The lowest BCUT2D eigenvalue weighted by atomic mass is 9.83. The molecule has 1 atom stereocenters. The van der Waals surface area contributed by atoms with Crippen LogP contribution in [0.1, 0.15) is 45.6 Å². The number of halogens is 1. The summed E-state index contributed by atoms with van der Waals surface area (Å²) in [6.07, 6.45) is 0.768. The minimum absolute atomic E-state index is 0.0568. The van der Waals surface area contributed by atoms with Crippen molar-refractivity contribution in [2.45, 2.75) is 40.0 Å². The van der Waals surface area contributed by atoms with Crippen molar-refractivity contribution in [1.29, 1.82) is 5.26 Å². The SMILES string of the molecule is CCOC(=O)C1=C(C)OC(N)=C(C#N)C1c1ccc(F)c(OCCC(C)C)c1. The molecule has 1 heterocycles. The van der Waals surface area contributed by atoms with Crippen LogP contribution in [0.3, 0.4) is 0 Å². The fourth-order valence-corrected chi connectivity index (χ4v) is 2.90. The van der Waals surface area contributed by atoms with Gasteiger partial charge in [-0.3, -0.25) is 0 Å². The number of allylic oxidation sites excluding steroid dienone is 2. The lowest BCUT2D eigenvalue weighted by molar-refractivity contribution is -0.139. The highest BCUT2D eigenvalue weighted by molar-refractivity contribution is 5.92. The number of nitrogens with two attached hydrogens (primary N) is 1. The van der Waals surface area contributed by atoms with Gasteiger partial charge >= 0.3 is 5.97 Å². The van der Waals surface area contributed by atoms with Gasteiger partial charge in [0.15, 0.2) is 11.6 Å². The van der Waals surface area contributed by atoms with Gasteiger partial charge in [-0.15, -0.1) is 0 Å². The molecule has 1 aromatic rings. The third kappa shape index (κ3) is 4.63. The Bertz CT molecular complexity index is 852. The second kappa shape index (κ2) is 9.27. The Morgan fingerprint density at radius 2 is 2.14 bits per heavy atom. The molecule has 6 nitrogen and oxygen atoms in total. The average Bonchev–Trinajstić information content (AvgIpc) is 2.62. The van der Waals surface area contributed by atoms with E-state index in [2.05, 4.69) is 0 Å². The first kappa shape index (κ1) is 21.3. The molecule has 0 fully saturated rings. The van der Waals surface area contributed by atoms with E-state index in [4.69, 9.17) is 19.9 Å². The Kier molecular flexibility index (Phi) is 7.05.